The van der Waals surface area contributed by atoms with Crippen LogP contribution >= 0.6 is 0 Å². The Labute approximate surface area is 62.3 Å². The number of carboxylic acid groups (broad SMARTS) is 1. The lowest BCUT2D eigenvalue weighted by Crippen LogP contribution is -2.02. The van der Waals surface area contributed by atoms with Gasteiger partial charge in [0.25, 0.3) is 0 Å². The summed E-state index contributed by atoms with van der Waals surface area (Å²) in [5, 5.41) is 7.69. The van der Waals surface area contributed by atoms with Crippen LogP contribution in [0.5, 0.6) is 0 Å². The first-order valence-corrected chi connectivity index (χ1v) is 2.91. The molecule has 1 N–H and O–H groups in total. The van der Waals surface area contributed by atoms with Crippen molar-refractivity contribution in [1.82, 2.24) is 0 Å². The molecular formula is C6H9F3O2. The van der Waals surface area contributed by atoms with E-state index in [4.69, 9.17) is 5.11 Å². The molecule has 2 nitrogen and oxygen atoms in total. The molecule has 0 aliphatic carbocycles. The zero-order valence-electron chi connectivity index (χ0n) is 6.14. The molecule has 66 valence electrons. The van der Waals surface area contributed by atoms with E-state index in [9.17, 15) is 18.0 Å². The first-order chi connectivity index (χ1) is 4.92. The molecule has 11 heavy (non-hydrogen) atoms. The van der Waals surface area contributed by atoms with Gasteiger partial charge in [-0.2, -0.15) is 13.2 Å². The maximum atomic E-state index is 11.1. The van der Waals surface area contributed by atoms with Crippen molar-refractivity contribution in [3.05, 3.63) is 12.2 Å². The summed E-state index contributed by atoms with van der Waals surface area (Å²) in [4.78, 5) is 9.46. The van der Waals surface area contributed by atoms with Crippen LogP contribution in [-0.4, -0.2) is 17.3 Å². The van der Waals surface area contributed by atoms with Gasteiger partial charge in [0.1, 0.15) is 0 Å². The minimum Gasteiger partial charge on any atom is -0.478 e. The van der Waals surface area contributed by atoms with Crippen molar-refractivity contribution in [2.45, 2.75) is 20.0 Å². The molecule has 0 saturated heterocycles. The molecule has 0 aromatic rings. The summed E-state index contributed by atoms with van der Waals surface area (Å²) in [6.45, 7) is 4.00. The Kier molecular flexibility index (Phi) is 6.63. The van der Waals surface area contributed by atoms with Crippen LogP contribution in [0.25, 0.3) is 0 Å². The standard InChI is InChI=1S/C4H3F3O2.C2H6/c5-4(6,7)2-1-3(8)9;1-2/h1-2H,(H,8,9);1-2H3. The van der Waals surface area contributed by atoms with Crippen molar-refractivity contribution >= 4 is 5.97 Å². The monoisotopic (exact) mass is 170 g/mol. The van der Waals surface area contributed by atoms with Crippen molar-refractivity contribution in [1.29, 1.82) is 0 Å². The van der Waals surface area contributed by atoms with Gasteiger partial charge in [-0.15, -0.1) is 0 Å². The molecule has 0 fully saturated rings. The first kappa shape index (κ1) is 12.7. The molecule has 0 unspecified atom stereocenters. The van der Waals surface area contributed by atoms with Crippen LogP contribution in [0.1, 0.15) is 13.8 Å². The topological polar surface area (TPSA) is 37.3 Å². The quantitative estimate of drug-likeness (QED) is 0.612. The molecule has 0 atom stereocenters. The summed E-state index contributed by atoms with van der Waals surface area (Å²) < 4.78 is 33.2. The average molecular weight is 170 g/mol. The van der Waals surface area contributed by atoms with Gasteiger partial charge in [0.05, 0.1) is 0 Å². The van der Waals surface area contributed by atoms with E-state index in [1.807, 2.05) is 13.8 Å². The highest BCUT2D eigenvalue weighted by molar-refractivity contribution is 5.79. The van der Waals surface area contributed by atoms with Crippen molar-refractivity contribution < 1.29 is 23.1 Å². The second kappa shape index (κ2) is 5.76. The lowest BCUT2D eigenvalue weighted by atomic mass is 10.5. The van der Waals surface area contributed by atoms with Crippen LogP contribution in [0.2, 0.25) is 0 Å². The van der Waals surface area contributed by atoms with Gasteiger partial charge in [-0.25, -0.2) is 4.79 Å². The van der Waals surface area contributed by atoms with Crippen LogP contribution in [-0.2, 0) is 4.79 Å². The number of carbonyl (C=O) groups is 1. The number of rotatable bonds is 1. The minimum atomic E-state index is -4.53. The van der Waals surface area contributed by atoms with E-state index in [1.54, 1.807) is 0 Å². The third kappa shape index (κ3) is 17.6. The predicted octanol–water partition coefficient (Wildman–Crippen LogP) is 2.22. The lowest BCUT2D eigenvalue weighted by Gasteiger charge is -1.93. The first-order valence-electron chi connectivity index (χ1n) is 2.91. The molecule has 0 radical (unpaired) electrons. The number of carboxylic acids is 1. The summed E-state index contributed by atoms with van der Waals surface area (Å²) in [5.41, 5.74) is 0. The van der Waals surface area contributed by atoms with Crippen LogP contribution in [0.4, 0.5) is 13.2 Å². The summed E-state index contributed by atoms with van der Waals surface area (Å²) >= 11 is 0. The van der Waals surface area contributed by atoms with Gasteiger partial charge in [0, 0.05) is 12.2 Å². The minimum absolute atomic E-state index is 0.0417. The Bertz CT molecular complexity index is 137. The predicted molar refractivity (Wildman–Crippen MR) is 34.2 cm³/mol. The van der Waals surface area contributed by atoms with Gasteiger partial charge in [-0.1, -0.05) is 13.8 Å². The normalized spacial score (nSPS) is 10.6. The number of hydrogen-bond donors (Lipinski definition) is 1. The Morgan fingerprint density at radius 3 is 1.82 bits per heavy atom. The Hall–Kier alpha value is -1.00. The van der Waals surface area contributed by atoms with Crippen LogP contribution in [0.3, 0.4) is 0 Å². The fraction of sp³-hybridized carbons (Fsp3) is 0.500. The van der Waals surface area contributed by atoms with Crippen molar-refractivity contribution in [2.75, 3.05) is 0 Å². The zero-order chi connectivity index (χ0) is 9.49. The highest BCUT2D eigenvalue weighted by Crippen LogP contribution is 2.15. The zero-order valence-corrected chi connectivity index (χ0v) is 6.14. The maximum absolute atomic E-state index is 11.1. The van der Waals surface area contributed by atoms with E-state index in [0.29, 0.717) is 0 Å². The molecule has 0 amide bonds. The summed E-state index contributed by atoms with van der Waals surface area (Å²) in [5.74, 6) is -1.60. The molecule has 0 bridgehead atoms. The summed E-state index contributed by atoms with van der Waals surface area (Å²) in [7, 11) is 0. The third-order valence-corrected chi connectivity index (χ3v) is 0.415. The van der Waals surface area contributed by atoms with E-state index in [0.717, 1.165) is 0 Å². The Morgan fingerprint density at radius 1 is 1.36 bits per heavy atom. The van der Waals surface area contributed by atoms with Crippen molar-refractivity contribution in [3.63, 3.8) is 0 Å². The fourth-order valence-electron chi connectivity index (χ4n) is 0.166. The van der Waals surface area contributed by atoms with Gasteiger partial charge in [-0.05, 0) is 0 Å². The molecule has 0 rings (SSSR count). The lowest BCUT2D eigenvalue weighted by molar-refractivity contribution is -0.132. The second-order valence-electron chi connectivity index (χ2n) is 1.21. The van der Waals surface area contributed by atoms with Gasteiger partial charge < -0.3 is 5.11 Å². The van der Waals surface area contributed by atoms with Gasteiger partial charge in [-0.3, -0.25) is 0 Å². The van der Waals surface area contributed by atoms with E-state index < -0.39 is 12.1 Å². The van der Waals surface area contributed by atoms with Crippen LogP contribution < -0.4 is 0 Å². The van der Waals surface area contributed by atoms with E-state index >= 15 is 0 Å². The highest BCUT2D eigenvalue weighted by Gasteiger charge is 2.22. The van der Waals surface area contributed by atoms with Gasteiger partial charge >= 0.3 is 12.1 Å². The number of allylic oxidation sites excluding steroid dienone is 1. The summed E-state index contributed by atoms with van der Waals surface area (Å²) in [6, 6.07) is 0. The molecule has 0 spiro atoms. The SMILES string of the molecule is CC.O=C(O)C=CC(F)(F)F. The molecule has 0 aliphatic rings. The second-order valence-corrected chi connectivity index (χ2v) is 1.21. The van der Waals surface area contributed by atoms with Crippen LogP contribution in [0.15, 0.2) is 12.2 Å². The molecule has 5 heteroatoms. The van der Waals surface area contributed by atoms with Gasteiger partial charge in [0.2, 0.25) is 0 Å². The molecule has 0 aromatic carbocycles. The third-order valence-electron chi connectivity index (χ3n) is 0.415. The largest absolute Gasteiger partial charge is 0.478 e. The number of halogens is 3. The van der Waals surface area contributed by atoms with Crippen molar-refractivity contribution in [2.24, 2.45) is 0 Å². The smallest absolute Gasteiger partial charge is 0.410 e. The Balaban J connectivity index is 0. The summed E-state index contributed by atoms with van der Waals surface area (Å²) in [6.07, 6.45) is -4.83. The molecule has 0 saturated carbocycles. The van der Waals surface area contributed by atoms with E-state index in [-0.39, 0.29) is 12.2 Å². The molecular weight excluding hydrogens is 161 g/mol. The van der Waals surface area contributed by atoms with Crippen molar-refractivity contribution in [3.8, 4) is 0 Å². The molecule has 0 aliphatic heterocycles. The van der Waals surface area contributed by atoms with Gasteiger partial charge in [0.15, 0.2) is 0 Å². The molecule has 0 heterocycles. The van der Waals surface area contributed by atoms with E-state index in [1.165, 1.54) is 0 Å². The van der Waals surface area contributed by atoms with Crippen LogP contribution in [0, 0.1) is 0 Å². The van der Waals surface area contributed by atoms with E-state index in [2.05, 4.69) is 0 Å². The highest BCUT2D eigenvalue weighted by atomic mass is 19.4. The number of hydrogen-bond acceptors (Lipinski definition) is 1. The number of alkyl halides is 3. The molecule has 0 aromatic heterocycles. The number of aliphatic carboxylic acids is 1. The Morgan fingerprint density at radius 2 is 1.73 bits per heavy atom. The fourth-order valence-corrected chi connectivity index (χ4v) is 0.166. The average Bonchev–Trinajstić information content (AvgIpc) is 1.87. The maximum Gasteiger partial charge on any atom is 0.410 e.